The molecule has 9 heteroatoms. The van der Waals surface area contributed by atoms with Crippen LogP contribution in [0.2, 0.25) is 0 Å². The van der Waals surface area contributed by atoms with Crippen molar-refractivity contribution in [2.24, 2.45) is 0 Å². The van der Waals surface area contributed by atoms with Crippen molar-refractivity contribution in [3.05, 3.63) is 48.4 Å². The summed E-state index contributed by atoms with van der Waals surface area (Å²) in [7, 11) is 0. The van der Waals surface area contributed by atoms with Gasteiger partial charge in [-0.2, -0.15) is 0 Å². The Labute approximate surface area is 141 Å². The van der Waals surface area contributed by atoms with E-state index in [1.165, 1.54) is 0 Å². The molecule has 4 aromatic heterocycles. The van der Waals surface area contributed by atoms with E-state index in [4.69, 9.17) is 9.15 Å². The van der Waals surface area contributed by atoms with Crippen LogP contribution >= 0.6 is 0 Å². The fourth-order valence-electron chi connectivity index (χ4n) is 2.44. The highest BCUT2D eigenvalue weighted by Gasteiger charge is 2.15. The Hall–Kier alpha value is -3.49. The van der Waals surface area contributed by atoms with Crippen molar-refractivity contribution < 1.29 is 13.9 Å². The number of fused-ring (bicyclic) bond motifs is 2. The van der Waals surface area contributed by atoms with E-state index in [9.17, 15) is 4.79 Å². The lowest BCUT2D eigenvalue weighted by atomic mass is 10.3. The Morgan fingerprint density at radius 3 is 3.08 bits per heavy atom. The fourth-order valence-corrected chi connectivity index (χ4v) is 2.44. The van der Waals surface area contributed by atoms with Gasteiger partial charge in [-0.25, -0.2) is 4.98 Å². The van der Waals surface area contributed by atoms with Gasteiger partial charge < -0.3 is 14.5 Å². The SMILES string of the molecule is CCOc1nccn2c(CNC(=O)c3cc4ncccc4o3)nnc12. The van der Waals surface area contributed by atoms with Crippen molar-refractivity contribution in [3.63, 3.8) is 0 Å². The Balaban J connectivity index is 1.53. The molecule has 1 N–H and O–H groups in total. The zero-order valence-corrected chi connectivity index (χ0v) is 13.3. The lowest BCUT2D eigenvalue weighted by Gasteiger charge is -2.04. The summed E-state index contributed by atoms with van der Waals surface area (Å²) in [5.41, 5.74) is 1.70. The first-order valence-electron chi connectivity index (χ1n) is 7.70. The molecule has 0 aliphatic carbocycles. The highest BCUT2D eigenvalue weighted by molar-refractivity contribution is 5.95. The standard InChI is InChI=1S/C16H14N6O3/c1-2-24-16-14-21-20-13(22(14)7-6-18-16)9-19-15(23)12-8-10-11(25-12)4-3-5-17-10/h3-8H,2,9H2,1H3,(H,19,23). The van der Waals surface area contributed by atoms with E-state index in [1.807, 2.05) is 6.92 Å². The third kappa shape index (κ3) is 2.75. The molecular weight excluding hydrogens is 324 g/mol. The van der Waals surface area contributed by atoms with Crippen LogP contribution in [0, 0.1) is 0 Å². The van der Waals surface area contributed by atoms with Gasteiger partial charge in [-0.15, -0.1) is 10.2 Å². The molecule has 4 heterocycles. The number of pyridine rings is 1. The number of furan rings is 1. The molecule has 126 valence electrons. The zero-order valence-electron chi connectivity index (χ0n) is 13.3. The van der Waals surface area contributed by atoms with Crippen molar-refractivity contribution in [1.29, 1.82) is 0 Å². The molecule has 0 fully saturated rings. The quantitative estimate of drug-likeness (QED) is 0.589. The fraction of sp³-hybridized carbons (Fsp3) is 0.188. The minimum atomic E-state index is -0.353. The van der Waals surface area contributed by atoms with Crippen molar-refractivity contribution in [3.8, 4) is 5.88 Å². The normalized spacial score (nSPS) is 11.1. The van der Waals surface area contributed by atoms with Gasteiger partial charge in [0.15, 0.2) is 17.2 Å². The number of nitrogens with zero attached hydrogens (tertiary/aromatic N) is 5. The zero-order chi connectivity index (χ0) is 17.2. The lowest BCUT2D eigenvalue weighted by molar-refractivity contribution is 0.0924. The Kier molecular flexibility index (Phi) is 3.73. The number of carbonyl (C=O) groups excluding carboxylic acids is 1. The number of aromatic nitrogens is 5. The van der Waals surface area contributed by atoms with E-state index < -0.39 is 0 Å². The molecule has 0 unspecified atom stereocenters. The molecule has 4 rings (SSSR count). The minimum absolute atomic E-state index is 0.181. The molecule has 0 saturated heterocycles. The van der Waals surface area contributed by atoms with E-state index in [-0.39, 0.29) is 18.2 Å². The van der Waals surface area contributed by atoms with Gasteiger partial charge in [-0.3, -0.25) is 14.2 Å². The van der Waals surface area contributed by atoms with Crippen LogP contribution in [0.3, 0.4) is 0 Å². The molecule has 1 amide bonds. The van der Waals surface area contributed by atoms with Crippen LogP contribution in [0.5, 0.6) is 5.88 Å². The van der Waals surface area contributed by atoms with Crippen molar-refractivity contribution in [2.45, 2.75) is 13.5 Å². The van der Waals surface area contributed by atoms with E-state index >= 15 is 0 Å². The predicted octanol–water partition coefficient (Wildman–Crippen LogP) is 1.59. The summed E-state index contributed by atoms with van der Waals surface area (Å²) >= 11 is 0. The molecule has 25 heavy (non-hydrogen) atoms. The number of hydrogen-bond acceptors (Lipinski definition) is 7. The van der Waals surface area contributed by atoms with Crippen LogP contribution in [0.4, 0.5) is 0 Å². The molecule has 0 bridgehead atoms. The maximum absolute atomic E-state index is 12.3. The van der Waals surface area contributed by atoms with Crippen LogP contribution in [0.1, 0.15) is 23.3 Å². The van der Waals surface area contributed by atoms with E-state index in [1.54, 1.807) is 41.2 Å². The van der Waals surface area contributed by atoms with Crippen molar-refractivity contribution >= 4 is 22.7 Å². The molecule has 0 aliphatic heterocycles. The van der Waals surface area contributed by atoms with E-state index in [0.717, 1.165) is 0 Å². The van der Waals surface area contributed by atoms with Gasteiger partial charge in [-0.05, 0) is 19.1 Å². The Bertz CT molecular complexity index is 1020. The predicted molar refractivity (Wildman–Crippen MR) is 87.1 cm³/mol. The summed E-state index contributed by atoms with van der Waals surface area (Å²) in [6, 6.07) is 5.11. The van der Waals surface area contributed by atoms with Gasteiger partial charge in [-0.1, -0.05) is 0 Å². The number of ether oxygens (including phenoxy) is 1. The number of hydrogen-bond donors (Lipinski definition) is 1. The van der Waals surface area contributed by atoms with Gasteiger partial charge in [0, 0.05) is 24.7 Å². The second kappa shape index (κ2) is 6.19. The number of rotatable bonds is 5. The number of carbonyl (C=O) groups is 1. The summed E-state index contributed by atoms with van der Waals surface area (Å²) in [6.07, 6.45) is 4.95. The molecule has 4 aromatic rings. The maximum Gasteiger partial charge on any atom is 0.287 e. The average Bonchev–Trinajstić information content (AvgIpc) is 3.24. The highest BCUT2D eigenvalue weighted by atomic mass is 16.5. The largest absolute Gasteiger partial charge is 0.475 e. The second-order valence-electron chi connectivity index (χ2n) is 5.16. The first kappa shape index (κ1) is 15.1. The molecule has 0 aliphatic rings. The Morgan fingerprint density at radius 1 is 1.32 bits per heavy atom. The molecule has 0 radical (unpaired) electrons. The average molecular weight is 338 g/mol. The topological polar surface area (TPSA) is 107 Å². The van der Waals surface area contributed by atoms with E-state index in [2.05, 4.69) is 25.5 Å². The van der Waals surface area contributed by atoms with Crippen LogP contribution in [0.25, 0.3) is 16.7 Å². The molecule has 0 saturated carbocycles. The van der Waals surface area contributed by atoms with Crippen molar-refractivity contribution in [1.82, 2.24) is 29.9 Å². The van der Waals surface area contributed by atoms with Crippen LogP contribution in [-0.2, 0) is 6.54 Å². The molecule has 0 atom stereocenters. The third-order valence-electron chi connectivity index (χ3n) is 3.56. The Morgan fingerprint density at radius 2 is 2.24 bits per heavy atom. The summed E-state index contributed by atoms with van der Waals surface area (Å²) in [4.78, 5) is 20.6. The van der Waals surface area contributed by atoms with E-state index in [0.29, 0.717) is 35.1 Å². The van der Waals surface area contributed by atoms with Gasteiger partial charge in [0.25, 0.3) is 11.8 Å². The van der Waals surface area contributed by atoms with Crippen molar-refractivity contribution in [2.75, 3.05) is 6.61 Å². The highest BCUT2D eigenvalue weighted by Crippen LogP contribution is 2.17. The first-order chi connectivity index (χ1) is 12.3. The van der Waals surface area contributed by atoms with Gasteiger partial charge in [0.05, 0.1) is 13.2 Å². The second-order valence-corrected chi connectivity index (χ2v) is 5.16. The minimum Gasteiger partial charge on any atom is -0.475 e. The number of amides is 1. The summed E-state index contributed by atoms with van der Waals surface area (Å²) < 4.78 is 12.6. The van der Waals surface area contributed by atoms with Gasteiger partial charge >= 0.3 is 0 Å². The lowest BCUT2D eigenvalue weighted by Crippen LogP contribution is -2.23. The van der Waals surface area contributed by atoms with Gasteiger partial charge in [0.1, 0.15) is 5.52 Å². The van der Waals surface area contributed by atoms with Crippen LogP contribution in [0.15, 0.2) is 41.2 Å². The summed E-state index contributed by atoms with van der Waals surface area (Å²) in [6.45, 7) is 2.52. The molecule has 9 nitrogen and oxygen atoms in total. The molecular formula is C16H14N6O3. The maximum atomic E-state index is 12.3. The number of nitrogens with one attached hydrogen (secondary N) is 1. The van der Waals surface area contributed by atoms with Crippen LogP contribution in [-0.4, -0.2) is 37.1 Å². The smallest absolute Gasteiger partial charge is 0.287 e. The third-order valence-corrected chi connectivity index (χ3v) is 3.56. The molecule has 0 spiro atoms. The monoisotopic (exact) mass is 338 g/mol. The molecule has 0 aromatic carbocycles. The van der Waals surface area contributed by atoms with Gasteiger partial charge in [0.2, 0.25) is 5.65 Å². The summed E-state index contributed by atoms with van der Waals surface area (Å²) in [5, 5.41) is 10.9. The first-order valence-corrected chi connectivity index (χ1v) is 7.70. The van der Waals surface area contributed by atoms with Crippen LogP contribution < -0.4 is 10.1 Å². The summed E-state index contributed by atoms with van der Waals surface area (Å²) in [5.74, 6) is 0.799.